The Balaban J connectivity index is 4.04. The van der Waals surface area contributed by atoms with E-state index in [4.69, 9.17) is 28.7 Å². The molecule has 0 saturated heterocycles. The number of rotatable bonds is 61. The molecule has 50 heteroatoms. The average Bonchev–Trinajstić information content (AvgIpc) is 1.64. The summed E-state index contributed by atoms with van der Waals surface area (Å²) in [6.45, 7) is 11.6. The summed E-state index contributed by atoms with van der Waals surface area (Å²) in [7, 11) is 0. The molecule has 12 amide bonds. The lowest BCUT2D eigenvalue weighted by Gasteiger charge is -2.31. The van der Waals surface area contributed by atoms with Gasteiger partial charge >= 0.3 is 5.97 Å². The summed E-state index contributed by atoms with van der Waals surface area (Å²) in [5.74, 6) is -17.2. The van der Waals surface area contributed by atoms with Gasteiger partial charge in [-0.2, -0.15) is 0 Å². The SMILES string of the molecule is CC(=O)N[C@@H](N[C@@H](C=O)CC(=O)O)C(=O)N[C@@H](C)C(=O)N[C@@H](C)C(=O)N[C@H](N[C@@H](C=O)CCCN=C(N)N)C(=O)N[C@H](N[C@@H](C=O)CC(N)=O)C(=O)N[C@@H](C)C(=O)N[C@H](N[C@@H](C)C=O)C(=O)N[C@H](N[C@@H](C=O)CCCN=C(N)N)C(=O)N[C@H](N[C@@H](C=O)Cc1cnc[nH]1)C(=O)N[C@H](N[C@@H](C=O)CC(C)C)C(=O)N[C@@H](C)N[C@@H](C)C=O. The number of H-pyrrole nitrogens is 1. The summed E-state index contributed by atoms with van der Waals surface area (Å²) in [5.41, 5.74) is 27.5. The number of amides is 12. The van der Waals surface area contributed by atoms with Crippen molar-refractivity contribution in [2.45, 2.75) is 229 Å². The number of hydrogen-bond acceptors (Lipinski definition) is 32. The van der Waals surface area contributed by atoms with Crippen LogP contribution in [0.1, 0.15) is 113 Å². The Morgan fingerprint density at radius 2 is 0.722 bits per heavy atom. The summed E-state index contributed by atoms with van der Waals surface area (Å²) in [5, 5.41) is 54.6. The van der Waals surface area contributed by atoms with E-state index in [9.17, 15) is 106 Å². The van der Waals surface area contributed by atoms with Crippen LogP contribution in [0.5, 0.6) is 0 Å². The van der Waals surface area contributed by atoms with Crippen molar-refractivity contribution in [1.29, 1.82) is 0 Å². The highest BCUT2D eigenvalue weighted by Gasteiger charge is 2.38. The lowest BCUT2D eigenvalue weighted by atomic mass is 10.0. The van der Waals surface area contributed by atoms with E-state index in [1.54, 1.807) is 13.8 Å². The van der Waals surface area contributed by atoms with Crippen LogP contribution in [0.3, 0.4) is 0 Å². The molecule has 0 saturated carbocycles. The van der Waals surface area contributed by atoms with Crippen molar-refractivity contribution in [3.63, 3.8) is 0 Å². The van der Waals surface area contributed by atoms with E-state index in [1.165, 1.54) is 33.3 Å². The molecule has 115 heavy (non-hydrogen) atoms. The van der Waals surface area contributed by atoms with Gasteiger partial charge < -0.3 is 136 Å². The first-order valence-corrected chi connectivity index (χ1v) is 35.8. The van der Waals surface area contributed by atoms with Crippen LogP contribution >= 0.6 is 0 Å². The minimum atomic E-state index is -2.28. The number of aromatic amines is 1. The number of aliphatic carboxylic acids is 1. The van der Waals surface area contributed by atoms with E-state index >= 15 is 0 Å². The summed E-state index contributed by atoms with van der Waals surface area (Å²) in [4.78, 5) is 290. The van der Waals surface area contributed by atoms with Crippen molar-refractivity contribution in [2.75, 3.05) is 13.1 Å². The molecule has 0 aliphatic carbocycles. The molecule has 0 unspecified atom stereocenters. The molecule has 1 aromatic rings. The van der Waals surface area contributed by atoms with Crippen molar-refractivity contribution in [3.05, 3.63) is 18.2 Å². The molecule has 0 aliphatic heterocycles. The largest absolute Gasteiger partial charge is 0.481 e. The number of nitrogens with zero attached hydrogens (tertiary/aromatic N) is 3. The van der Waals surface area contributed by atoms with E-state index in [0.29, 0.717) is 30.8 Å². The Hall–Kier alpha value is -12.1. The van der Waals surface area contributed by atoms with Crippen LogP contribution in [0.4, 0.5) is 0 Å². The van der Waals surface area contributed by atoms with Crippen LogP contribution in [0.2, 0.25) is 0 Å². The zero-order valence-corrected chi connectivity index (χ0v) is 64.6. The third-order valence-corrected chi connectivity index (χ3v) is 15.6. The first kappa shape index (κ1) is 101. The van der Waals surface area contributed by atoms with Crippen LogP contribution in [0.15, 0.2) is 22.5 Å². The molecule has 1 rings (SSSR count). The molecule has 0 aromatic carbocycles. The van der Waals surface area contributed by atoms with Gasteiger partial charge in [0.25, 0.3) is 41.4 Å². The summed E-state index contributed by atoms with van der Waals surface area (Å²) < 4.78 is 0. The van der Waals surface area contributed by atoms with Gasteiger partial charge in [0.15, 0.2) is 55.1 Å². The zero-order valence-electron chi connectivity index (χ0n) is 64.6. The van der Waals surface area contributed by atoms with E-state index in [2.05, 4.69) is 121 Å². The molecule has 31 N–H and O–H groups in total. The Morgan fingerprint density at radius 3 is 1.07 bits per heavy atom. The van der Waals surface area contributed by atoms with Crippen molar-refractivity contribution < 1.29 is 106 Å². The zero-order chi connectivity index (χ0) is 87.2. The minimum Gasteiger partial charge on any atom is -0.481 e. The monoisotopic (exact) mass is 1630 g/mol. The van der Waals surface area contributed by atoms with Crippen LogP contribution in [0.25, 0.3) is 0 Å². The second kappa shape index (κ2) is 53.8. The number of primary amides is 1. The first-order valence-electron chi connectivity index (χ1n) is 35.8. The van der Waals surface area contributed by atoms with Crippen molar-refractivity contribution in [3.8, 4) is 0 Å². The number of hydrogen-bond donors (Lipinski definition) is 26. The lowest BCUT2D eigenvalue weighted by molar-refractivity contribution is -0.139. The number of aliphatic imine (C=N–C) groups is 2. The second-order valence-corrected chi connectivity index (χ2v) is 26.4. The molecule has 0 fully saturated rings. The predicted octanol–water partition coefficient (Wildman–Crippen LogP) is -14.2. The molecular formula is C65H108N28O22. The number of carbonyl (C=O) groups is 21. The number of imidazole rings is 1. The minimum absolute atomic E-state index is 0.0262. The lowest BCUT2D eigenvalue weighted by Crippen LogP contribution is -2.69. The molecular weight excluding hydrogens is 1520 g/mol. The number of carboxylic acids is 1. The number of nitrogens with one attached hydrogen (secondary N) is 20. The standard InChI is InChI=1S/C65H108N28O22/c1-30(2)16-41(25-98)84-50(59(111)80-36(8)75-31(3)21-94)91-63(115)53(85-42(26-99)17-40-20-71-29-74-40)93-62(114)52(83-39(24-97)13-11-15-73-65(69)70)92-60(112)47(76-32(4)22-95)88-56(108)35(7)79-58(110)49(86-43(27-100)18-45(66)103)90-61(113)51(82-38(23-96)12-10-14-72-64(67)68)89-55(107)34(6)77-54(106)33(5)78-57(109)48(81-37(9)102)87-44(28-101)19-46(104)105/h20-36,38-39,41-44,47-53,75-76,82-87H,10-19H2,1-9H3,(H2,66,103)(H,71,74)(H,77,106)(H,78,109)(H,79,110)(H,80,111)(H,81,102)(H,88,108)(H,89,107)(H,90,113)(H,91,115)(H,92,112)(H,93,114)(H,104,105)(H4,67,68,72)(H4,69,70,73)/t31-,32-,33-,34-,35-,36-,38+,39+,41+,42+,43+,44+,47-,48-,49-,50-,51-,52-,53-/m0/s1. The quantitative estimate of drug-likeness (QED) is 0.00947. The maximum atomic E-state index is 14.9. The Kier molecular flexibility index (Phi) is 47.2. The van der Waals surface area contributed by atoms with Gasteiger partial charge in [-0.1, -0.05) is 13.8 Å². The van der Waals surface area contributed by atoms with Crippen LogP contribution < -0.4 is 130 Å². The smallest absolute Gasteiger partial charge is 0.305 e. The van der Waals surface area contributed by atoms with Gasteiger partial charge in [0.2, 0.25) is 29.5 Å². The van der Waals surface area contributed by atoms with Crippen LogP contribution in [-0.2, 0) is 107 Å². The average molecular weight is 1630 g/mol. The number of nitrogens with two attached hydrogens (primary N) is 5. The topological polar surface area (TPSA) is 791 Å². The Labute approximate surface area is 659 Å². The fraction of sp³-hybridized carbons (Fsp3) is 0.600. The fourth-order valence-electron chi connectivity index (χ4n) is 9.98. The highest BCUT2D eigenvalue weighted by atomic mass is 16.4. The van der Waals surface area contributed by atoms with Crippen molar-refractivity contribution >= 4 is 139 Å². The fourth-order valence-corrected chi connectivity index (χ4v) is 9.98. The van der Waals surface area contributed by atoms with Gasteiger partial charge in [-0.15, -0.1) is 0 Å². The van der Waals surface area contributed by atoms with Gasteiger partial charge in [-0.25, -0.2) is 4.98 Å². The molecule has 50 nitrogen and oxygen atoms in total. The number of carbonyl (C=O) groups excluding carboxylic acids is 20. The van der Waals surface area contributed by atoms with Crippen LogP contribution in [-0.4, -0.2) is 283 Å². The van der Waals surface area contributed by atoms with E-state index in [-0.39, 0.29) is 94.6 Å². The molecule has 0 radical (unpaired) electrons. The Morgan fingerprint density at radius 1 is 0.400 bits per heavy atom. The van der Waals surface area contributed by atoms with E-state index in [1.807, 2.05) is 0 Å². The molecule has 1 heterocycles. The molecule has 1 aromatic heterocycles. The molecule has 0 bridgehead atoms. The number of carboxylic acid groups (broad SMARTS) is 1. The highest BCUT2D eigenvalue weighted by molar-refractivity contribution is 5.99. The third kappa shape index (κ3) is 41.3. The van der Waals surface area contributed by atoms with Crippen molar-refractivity contribution in [1.82, 2.24) is 111 Å². The normalized spacial score (nSPS) is 16.0. The van der Waals surface area contributed by atoms with Gasteiger partial charge in [0, 0.05) is 44.7 Å². The highest BCUT2D eigenvalue weighted by Crippen LogP contribution is 2.08. The Bertz CT molecular complexity index is 3530. The van der Waals surface area contributed by atoms with Gasteiger partial charge in [-0.05, 0) is 79.6 Å². The molecule has 19 atom stereocenters. The second-order valence-electron chi connectivity index (χ2n) is 26.4. The number of guanidine groups is 2. The summed E-state index contributed by atoms with van der Waals surface area (Å²) in [6, 6.07) is -15.9. The van der Waals surface area contributed by atoms with Crippen LogP contribution in [0, 0.1) is 5.92 Å². The molecule has 640 valence electrons. The maximum Gasteiger partial charge on any atom is 0.305 e. The van der Waals surface area contributed by atoms with E-state index in [0.717, 1.165) is 27.7 Å². The van der Waals surface area contributed by atoms with Crippen molar-refractivity contribution in [2.24, 2.45) is 44.6 Å². The van der Waals surface area contributed by atoms with Gasteiger partial charge in [-0.3, -0.25) is 115 Å². The molecule has 0 aliphatic rings. The van der Waals surface area contributed by atoms with E-state index < -0.39 is 205 Å². The van der Waals surface area contributed by atoms with Gasteiger partial charge in [0.05, 0.1) is 67.2 Å². The first-order chi connectivity index (χ1) is 54.2. The third-order valence-electron chi connectivity index (χ3n) is 15.6. The summed E-state index contributed by atoms with van der Waals surface area (Å²) >= 11 is 0. The number of aldehydes is 8. The summed E-state index contributed by atoms with van der Waals surface area (Å²) in [6.07, 6.45) is -12.6. The van der Waals surface area contributed by atoms with Gasteiger partial charge in [0.1, 0.15) is 68.4 Å². The number of aromatic nitrogens is 2. The maximum absolute atomic E-state index is 14.9. The molecule has 0 spiro atoms. The predicted molar refractivity (Wildman–Crippen MR) is 402 cm³/mol.